The van der Waals surface area contributed by atoms with Gasteiger partial charge in [-0.3, -0.25) is 0 Å². The molecule has 0 radical (unpaired) electrons. The van der Waals surface area contributed by atoms with Crippen LogP contribution in [-0.2, 0) is 4.79 Å². The van der Waals surface area contributed by atoms with Gasteiger partial charge in [-0.1, -0.05) is 0 Å². The Morgan fingerprint density at radius 2 is 2.16 bits per heavy atom. The van der Waals surface area contributed by atoms with Crippen LogP contribution in [0.5, 0.6) is 5.88 Å². The van der Waals surface area contributed by atoms with Crippen molar-refractivity contribution in [2.24, 2.45) is 0 Å². The number of aliphatic carboxylic acids is 1. The molecule has 1 aromatic rings. The molecule has 0 bridgehead atoms. The van der Waals surface area contributed by atoms with Crippen LogP contribution in [0.15, 0.2) is 12.3 Å². The topological polar surface area (TPSA) is 75.5 Å². The number of rotatable bonds is 6. The summed E-state index contributed by atoms with van der Waals surface area (Å²) < 4.78 is 5.50. The Balaban J connectivity index is 3.09. The van der Waals surface area contributed by atoms with E-state index in [1.165, 1.54) is 0 Å². The number of nitrogens with zero attached hydrogens (tertiary/aromatic N) is 3. The molecule has 19 heavy (non-hydrogen) atoms. The van der Waals surface area contributed by atoms with Crippen molar-refractivity contribution in [2.75, 3.05) is 11.4 Å². The predicted octanol–water partition coefficient (Wildman–Crippen LogP) is 1.95. The third kappa shape index (κ3) is 3.56. The quantitative estimate of drug-likeness (QED) is 0.849. The summed E-state index contributed by atoms with van der Waals surface area (Å²) in [5.74, 6) is -0.124. The van der Waals surface area contributed by atoms with Crippen molar-refractivity contribution in [3.8, 4) is 5.88 Å². The first-order valence-electron chi connectivity index (χ1n) is 6.29. The van der Waals surface area contributed by atoms with Gasteiger partial charge in [0.1, 0.15) is 5.54 Å². The number of hydrogen-bond donors (Lipinski definition) is 1. The number of hydrogen-bond acceptors (Lipinski definition) is 5. The fourth-order valence-electron chi connectivity index (χ4n) is 1.67. The minimum atomic E-state index is -1.08. The minimum Gasteiger partial charge on any atom is -0.480 e. The average Bonchev–Trinajstić information content (AvgIpc) is 2.28. The molecule has 0 saturated heterocycles. The van der Waals surface area contributed by atoms with Gasteiger partial charge in [0.05, 0.1) is 6.10 Å². The normalized spacial score (nSPS) is 11.5. The Labute approximate surface area is 113 Å². The summed E-state index contributed by atoms with van der Waals surface area (Å²) in [6.45, 7) is 9.41. The van der Waals surface area contributed by atoms with Crippen molar-refractivity contribution in [1.29, 1.82) is 0 Å². The third-order valence-corrected chi connectivity index (χ3v) is 2.73. The predicted molar refractivity (Wildman–Crippen MR) is 72.5 cm³/mol. The Kier molecular flexibility index (Phi) is 4.69. The lowest BCUT2D eigenvalue weighted by atomic mass is 10.0. The lowest BCUT2D eigenvalue weighted by molar-refractivity contribution is -0.142. The highest BCUT2D eigenvalue weighted by Gasteiger charge is 2.35. The number of carboxylic acids is 1. The SMILES string of the molecule is CCN(c1nccc(OC(C)C)n1)C(C)(C)C(=O)O. The molecule has 0 amide bonds. The Bertz CT molecular complexity index is 447. The van der Waals surface area contributed by atoms with Crippen molar-refractivity contribution in [3.05, 3.63) is 12.3 Å². The highest BCUT2D eigenvalue weighted by atomic mass is 16.5. The summed E-state index contributed by atoms with van der Waals surface area (Å²) in [5, 5.41) is 9.29. The minimum absolute atomic E-state index is 0.00492. The van der Waals surface area contributed by atoms with Crippen LogP contribution in [0, 0.1) is 0 Å². The fourth-order valence-corrected chi connectivity index (χ4v) is 1.67. The highest BCUT2D eigenvalue weighted by molar-refractivity contribution is 5.81. The number of ether oxygens (including phenoxy) is 1. The van der Waals surface area contributed by atoms with Crippen LogP contribution in [0.3, 0.4) is 0 Å². The molecule has 1 N–H and O–H groups in total. The molecule has 1 aromatic heterocycles. The van der Waals surface area contributed by atoms with Gasteiger partial charge in [-0.15, -0.1) is 0 Å². The average molecular weight is 267 g/mol. The first-order valence-corrected chi connectivity index (χ1v) is 6.29. The van der Waals surface area contributed by atoms with Gasteiger partial charge in [0, 0.05) is 18.8 Å². The summed E-state index contributed by atoms with van der Waals surface area (Å²) in [6, 6.07) is 1.66. The maximum atomic E-state index is 11.3. The van der Waals surface area contributed by atoms with E-state index in [1.807, 2.05) is 20.8 Å². The molecule has 0 aliphatic carbocycles. The lowest BCUT2D eigenvalue weighted by Crippen LogP contribution is -2.51. The molecular formula is C13H21N3O3. The monoisotopic (exact) mass is 267 g/mol. The van der Waals surface area contributed by atoms with Crippen molar-refractivity contribution >= 4 is 11.9 Å². The van der Waals surface area contributed by atoms with Crippen LogP contribution in [0.1, 0.15) is 34.6 Å². The zero-order valence-electron chi connectivity index (χ0n) is 12.0. The van der Waals surface area contributed by atoms with Gasteiger partial charge in [-0.25, -0.2) is 9.78 Å². The number of likely N-dealkylation sites (N-methyl/N-ethyl adjacent to an activating group) is 1. The maximum absolute atomic E-state index is 11.3. The van der Waals surface area contributed by atoms with E-state index in [0.717, 1.165) is 0 Å². The second-order valence-electron chi connectivity index (χ2n) is 4.97. The van der Waals surface area contributed by atoms with Gasteiger partial charge >= 0.3 is 5.97 Å². The molecule has 0 aliphatic rings. The van der Waals surface area contributed by atoms with Crippen LogP contribution in [-0.4, -0.2) is 39.2 Å². The van der Waals surface area contributed by atoms with Gasteiger partial charge in [0.2, 0.25) is 11.8 Å². The fraction of sp³-hybridized carbons (Fsp3) is 0.615. The smallest absolute Gasteiger partial charge is 0.329 e. The molecule has 0 aliphatic heterocycles. The van der Waals surface area contributed by atoms with E-state index >= 15 is 0 Å². The zero-order chi connectivity index (χ0) is 14.6. The van der Waals surface area contributed by atoms with Crippen molar-refractivity contribution in [3.63, 3.8) is 0 Å². The van der Waals surface area contributed by atoms with E-state index in [0.29, 0.717) is 18.4 Å². The van der Waals surface area contributed by atoms with E-state index in [4.69, 9.17) is 4.74 Å². The molecule has 0 unspecified atom stereocenters. The van der Waals surface area contributed by atoms with Crippen LogP contribution < -0.4 is 9.64 Å². The van der Waals surface area contributed by atoms with Crippen molar-refractivity contribution in [2.45, 2.75) is 46.3 Å². The molecule has 0 atom stereocenters. The molecule has 0 saturated carbocycles. The Morgan fingerprint density at radius 3 is 2.63 bits per heavy atom. The summed E-state index contributed by atoms with van der Waals surface area (Å²) in [6.07, 6.45) is 1.57. The Hall–Kier alpha value is -1.85. The summed E-state index contributed by atoms with van der Waals surface area (Å²) in [5.41, 5.74) is -1.08. The summed E-state index contributed by atoms with van der Waals surface area (Å²) in [4.78, 5) is 21.4. The van der Waals surface area contributed by atoms with Crippen LogP contribution in [0.4, 0.5) is 5.95 Å². The molecule has 1 heterocycles. The molecule has 0 aromatic carbocycles. The number of carbonyl (C=O) groups is 1. The van der Waals surface area contributed by atoms with Crippen LogP contribution in [0.2, 0.25) is 0 Å². The maximum Gasteiger partial charge on any atom is 0.329 e. The molecule has 0 fully saturated rings. The van der Waals surface area contributed by atoms with Gasteiger partial charge in [-0.05, 0) is 34.6 Å². The van der Waals surface area contributed by atoms with Crippen molar-refractivity contribution in [1.82, 2.24) is 9.97 Å². The summed E-state index contributed by atoms with van der Waals surface area (Å²) in [7, 11) is 0. The van der Waals surface area contributed by atoms with E-state index in [-0.39, 0.29) is 6.10 Å². The first-order chi connectivity index (χ1) is 8.78. The largest absolute Gasteiger partial charge is 0.480 e. The van der Waals surface area contributed by atoms with Gasteiger partial charge < -0.3 is 14.7 Å². The molecule has 1 rings (SSSR count). The molecule has 6 heteroatoms. The number of anilines is 1. The van der Waals surface area contributed by atoms with Crippen LogP contribution >= 0.6 is 0 Å². The third-order valence-electron chi connectivity index (χ3n) is 2.73. The van der Waals surface area contributed by atoms with E-state index in [2.05, 4.69) is 9.97 Å². The molecular weight excluding hydrogens is 246 g/mol. The van der Waals surface area contributed by atoms with Gasteiger partial charge in [0.25, 0.3) is 0 Å². The highest BCUT2D eigenvalue weighted by Crippen LogP contribution is 2.22. The zero-order valence-corrected chi connectivity index (χ0v) is 12.0. The second-order valence-corrected chi connectivity index (χ2v) is 4.97. The van der Waals surface area contributed by atoms with Gasteiger partial charge in [0.15, 0.2) is 0 Å². The van der Waals surface area contributed by atoms with E-state index < -0.39 is 11.5 Å². The summed E-state index contributed by atoms with van der Waals surface area (Å²) >= 11 is 0. The second kappa shape index (κ2) is 5.86. The van der Waals surface area contributed by atoms with E-state index in [1.54, 1.807) is 31.0 Å². The van der Waals surface area contributed by atoms with Crippen LogP contribution in [0.25, 0.3) is 0 Å². The Morgan fingerprint density at radius 1 is 1.53 bits per heavy atom. The van der Waals surface area contributed by atoms with Gasteiger partial charge in [-0.2, -0.15) is 4.98 Å². The number of aromatic nitrogens is 2. The first kappa shape index (κ1) is 15.2. The van der Waals surface area contributed by atoms with E-state index in [9.17, 15) is 9.90 Å². The molecule has 106 valence electrons. The van der Waals surface area contributed by atoms with Crippen molar-refractivity contribution < 1.29 is 14.6 Å². The lowest BCUT2D eigenvalue weighted by Gasteiger charge is -2.34. The number of carboxylic acid groups (broad SMARTS) is 1. The molecule has 6 nitrogen and oxygen atoms in total. The standard InChI is InChI=1S/C13H21N3O3/c1-6-16(13(4,5)11(17)18)12-14-8-7-10(15-12)19-9(2)3/h7-9H,6H2,1-5H3,(H,17,18). The molecule has 0 spiro atoms.